The number of carbonyl (C=O) groups excluding carboxylic acids is 2. The van der Waals surface area contributed by atoms with Gasteiger partial charge in [-0.3, -0.25) is 4.79 Å². The lowest BCUT2D eigenvalue weighted by Crippen LogP contribution is -2.23. The molecule has 138 valence electrons. The lowest BCUT2D eigenvalue weighted by atomic mass is 10.2. The molecule has 6 nitrogen and oxygen atoms in total. The van der Waals surface area contributed by atoms with Gasteiger partial charge in [0.2, 0.25) is 0 Å². The Kier molecular flexibility index (Phi) is 7.12. The normalized spacial score (nSPS) is 10.2. The molecular weight excluding hydrogens is 381 g/mol. The van der Waals surface area contributed by atoms with E-state index in [9.17, 15) is 9.59 Å². The minimum absolute atomic E-state index is 0.317. The van der Waals surface area contributed by atoms with E-state index in [1.807, 2.05) is 6.92 Å². The second-order valence-electron chi connectivity index (χ2n) is 5.26. The molecule has 8 heteroatoms. The van der Waals surface area contributed by atoms with Gasteiger partial charge in [-0.1, -0.05) is 23.2 Å². The molecule has 0 aliphatic rings. The quantitative estimate of drug-likeness (QED) is 0.717. The monoisotopic (exact) mass is 397 g/mol. The smallest absolute Gasteiger partial charge is 0.344 e. The first-order chi connectivity index (χ1) is 12.4. The van der Waals surface area contributed by atoms with Crippen molar-refractivity contribution in [2.45, 2.75) is 6.92 Å². The van der Waals surface area contributed by atoms with Crippen LogP contribution in [0.3, 0.4) is 0 Å². The number of esters is 1. The fourth-order valence-corrected chi connectivity index (χ4v) is 2.35. The Hall–Kier alpha value is -2.44. The SMILES string of the molecule is COc1ccc(NC(=O)COC(=O)COc2ccc(Cl)c(C)c2)cc1Cl. The summed E-state index contributed by atoms with van der Waals surface area (Å²) in [6, 6.07) is 9.79. The number of benzene rings is 2. The van der Waals surface area contributed by atoms with Crippen molar-refractivity contribution in [2.75, 3.05) is 25.6 Å². The van der Waals surface area contributed by atoms with Gasteiger partial charge in [0.1, 0.15) is 11.5 Å². The predicted molar refractivity (Wildman–Crippen MR) is 99.3 cm³/mol. The zero-order chi connectivity index (χ0) is 19.1. The molecule has 1 N–H and O–H groups in total. The zero-order valence-electron chi connectivity index (χ0n) is 14.2. The average Bonchev–Trinajstić information content (AvgIpc) is 2.61. The van der Waals surface area contributed by atoms with Crippen molar-refractivity contribution in [1.29, 1.82) is 0 Å². The minimum Gasteiger partial charge on any atom is -0.495 e. The molecule has 0 saturated heterocycles. The molecule has 2 aromatic rings. The Morgan fingerprint density at radius 3 is 2.46 bits per heavy atom. The van der Waals surface area contributed by atoms with Gasteiger partial charge >= 0.3 is 5.97 Å². The number of ether oxygens (including phenoxy) is 3. The third kappa shape index (κ3) is 5.82. The van der Waals surface area contributed by atoms with Gasteiger partial charge in [-0.15, -0.1) is 0 Å². The number of halogens is 2. The Bertz CT molecular complexity index is 810. The first kappa shape index (κ1) is 19.9. The molecular formula is C18H17Cl2NO5. The van der Waals surface area contributed by atoms with Gasteiger partial charge in [-0.05, 0) is 48.9 Å². The number of carbonyl (C=O) groups is 2. The van der Waals surface area contributed by atoms with Gasteiger partial charge in [-0.2, -0.15) is 0 Å². The molecule has 1 amide bonds. The van der Waals surface area contributed by atoms with Gasteiger partial charge in [0.25, 0.3) is 5.91 Å². The standard InChI is InChI=1S/C18H17Cl2NO5/c1-11-7-13(4-5-14(11)19)25-10-18(23)26-9-17(22)21-12-3-6-16(24-2)15(20)8-12/h3-8H,9-10H2,1-2H3,(H,21,22). The maximum Gasteiger partial charge on any atom is 0.344 e. The summed E-state index contributed by atoms with van der Waals surface area (Å²) < 4.78 is 15.2. The first-order valence-corrected chi connectivity index (χ1v) is 8.32. The van der Waals surface area contributed by atoms with Crippen molar-refractivity contribution in [2.24, 2.45) is 0 Å². The summed E-state index contributed by atoms with van der Waals surface area (Å²) in [5.74, 6) is -0.186. The van der Waals surface area contributed by atoms with Crippen LogP contribution >= 0.6 is 23.2 Å². The van der Waals surface area contributed by atoms with Crippen LogP contribution in [-0.4, -0.2) is 32.2 Å². The Morgan fingerprint density at radius 2 is 1.81 bits per heavy atom. The summed E-state index contributed by atoms with van der Waals surface area (Å²) in [5.41, 5.74) is 1.29. The van der Waals surface area contributed by atoms with Crippen LogP contribution in [0, 0.1) is 6.92 Å². The van der Waals surface area contributed by atoms with Crippen LogP contribution < -0.4 is 14.8 Å². The van der Waals surface area contributed by atoms with Crippen LogP contribution in [0.1, 0.15) is 5.56 Å². The number of aryl methyl sites for hydroxylation is 1. The third-order valence-electron chi connectivity index (χ3n) is 3.29. The fourth-order valence-electron chi connectivity index (χ4n) is 1.98. The van der Waals surface area contributed by atoms with Gasteiger partial charge in [0.05, 0.1) is 12.1 Å². The van der Waals surface area contributed by atoms with Crippen LogP contribution in [0.15, 0.2) is 36.4 Å². The summed E-state index contributed by atoms with van der Waals surface area (Å²) in [7, 11) is 1.49. The molecule has 0 atom stereocenters. The van der Waals surface area contributed by atoms with Crippen LogP contribution in [0.4, 0.5) is 5.69 Å². The molecule has 0 fully saturated rings. The number of rotatable bonds is 7. The predicted octanol–water partition coefficient (Wildman–Crippen LogP) is 3.87. The van der Waals surface area contributed by atoms with E-state index < -0.39 is 18.5 Å². The van der Waals surface area contributed by atoms with Crippen LogP contribution in [0.5, 0.6) is 11.5 Å². The molecule has 2 rings (SSSR count). The second kappa shape index (κ2) is 9.31. The van der Waals surface area contributed by atoms with E-state index in [1.165, 1.54) is 13.2 Å². The third-order valence-corrected chi connectivity index (χ3v) is 4.01. The molecule has 0 aliphatic heterocycles. The largest absolute Gasteiger partial charge is 0.495 e. The summed E-state index contributed by atoms with van der Waals surface area (Å²) in [5, 5.41) is 3.53. The summed E-state index contributed by atoms with van der Waals surface area (Å²) in [6.07, 6.45) is 0. The van der Waals surface area contributed by atoms with Crippen molar-refractivity contribution in [1.82, 2.24) is 0 Å². The van der Waals surface area contributed by atoms with E-state index in [2.05, 4.69) is 5.32 Å². The Labute approximate surface area is 160 Å². The van der Waals surface area contributed by atoms with Crippen LogP contribution in [0.2, 0.25) is 10.0 Å². The maximum absolute atomic E-state index is 11.8. The summed E-state index contributed by atoms with van der Waals surface area (Å²) in [4.78, 5) is 23.5. The Balaban J connectivity index is 1.76. The first-order valence-electron chi connectivity index (χ1n) is 7.57. The molecule has 0 bridgehead atoms. The number of anilines is 1. The van der Waals surface area contributed by atoms with E-state index in [-0.39, 0.29) is 6.61 Å². The average molecular weight is 398 g/mol. The van der Waals surface area contributed by atoms with E-state index in [0.29, 0.717) is 27.2 Å². The molecule has 0 unspecified atom stereocenters. The topological polar surface area (TPSA) is 73.9 Å². The highest BCUT2D eigenvalue weighted by atomic mass is 35.5. The van der Waals surface area contributed by atoms with Gasteiger partial charge in [0.15, 0.2) is 13.2 Å². The van der Waals surface area contributed by atoms with E-state index in [0.717, 1.165) is 5.56 Å². The molecule has 0 aliphatic carbocycles. The Morgan fingerprint density at radius 1 is 1.04 bits per heavy atom. The van der Waals surface area contributed by atoms with E-state index >= 15 is 0 Å². The molecule has 0 radical (unpaired) electrons. The number of amides is 1. The van der Waals surface area contributed by atoms with Gasteiger partial charge in [0, 0.05) is 10.7 Å². The fraction of sp³-hybridized carbons (Fsp3) is 0.222. The number of hydrogen-bond acceptors (Lipinski definition) is 5. The minimum atomic E-state index is -0.666. The van der Waals surface area contributed by atoms with Crippen molar-refractivity contribution < 1.29 is 23.8 Å². The van der Waals surface area contributed by atoms with Crippen LogP contribution in [0.25, 0.3) is 0 Å². The second-order valence-corrected chi connectivity index (χ2v) is 6.07. The summed E-state index contributed by atoms with van der Waals surface area (Å²) >= 11 is 11.9. The van der Waals surface area contributed by atoms with E-state index in [1.54, 1.807) is 30.3 Å². The highest BCUT2D eigenvalue weighted by Crippen LogP contribution is 2.27. The van der Waals surface area contributed by atoms with E-state index in [4.69, 9.17) is 37.4 Å². The van der Waals surface area contributed by atoms with Crippen LogP contribution in [-0.2, 0) is 14.3 Å². The highest BCUT2D eigenvalue weighted by Gasteiger charge is 2.10. The number of nitrogens with one attached hydrogen (secondary N) is 1. The number of methoxy groups -OCH3 is 1. The summed E-state index contributed by atoms with van der Waals surface area (Å²) in [6.45, 7) is 1.07. The molecule has 2 aromatic carbocycles. The van der Waals surface area contributed by atoms with Gasteiger partial charge < -0.3 is 19.5 Å². The molecule has 0 heterocycles. The zero-order valence-corrected chi connectivity index (χ0v) is 15.7. The molecule has 26 heavy (non-hydrogen) atoms. The van der Waals surface area contributed by atoms with Crippen molar-refractivity contribution >= 4 is 40.8 Å². The lowest BCUT2D eigenvalue weighted by molar-refractivity contribution is -0.149. The molecule has 0 saturated carbocycles. The highest BCUT2D eigenvalue weighted by molar-refractivity contribution is 6.32. The van der Waals surface area contributed by atoms with Crippen molar-refractivity contribution in [3.8, 4) is 11.5 Å². The maximum atomic E-state index is 11.8. The van der Waals surface area contributed by atoms with Crippen molar-refractivity contribution in [3.63, 3.8) is 0 Å². The number of hydrogen-bond donors (Lipinski definition) is 1. The van der Waals surface area contributed by atoms with Crippen molar-refractivity contribution in [3.05, 3.63) is 52.0 Å². The lowest BCUT2D eigenvalue weighted by Gasteiger charge is -2.09. The molecule has 0 aromatic heterocycles. The van der Waals surface area contributed by atoms with Gasteiger partial charge in [-0.25, -0.2) is 4.79 Å². The molecule has 0 spiro atoms.